The van der Waals surface area contributed by atoms with E-state index >= 15 is 0 Å². The van der Waals surface area contributed by atoms with Gasteiger partial charge in [-0.15, -0.1) is 0 Å². The summed E-state index contributed by atoms with van der Waals surface area (Å²) in [5.74, 6) is 0.923. The molecule has 0 aromatic heterocycles. The molecule has 2 fully saturated rings. The van der Waals surface area contributed by atoms with E-state index in [1.807, 2.05) is 0 Å². The monoisotopic (exact) mass is 282 g/mol. The van der Waals surface area contributed by atoms with Gasteiger partial charge in [-0.2, -0.15) is 0 Å². The Labute approximate surface area is 125 Å². The summed E-state index contributed by atoms with van der Waals surface area (Å²) in [5.41, 5.74) is 0.499. The highest BCUT2D eigenvalue weighted by Gasteiger charge is 2.37. The molecule has 3 nitrogen and oxygen atoms in total. The van der Waals surface area contributed by atoms with E-state index in [4.69, 9.17) is 4.74 Å². The Bertz CT molecular complexity index is 271. The maximum Gasteiger partial charge on any atom is 0.0678 e. The maximum atomic E-state index is 5.88. The van der Waals surface area contributed by atoms with Crippen LogP contribution in [0.2, 0.25) is 0 Å². The SMILES string of the molecule is CCNCC1(CN2CC(C)OC(C)C2)CCC(C)CC1. The van der Waals surface area contributed by atoms with Crippen LogP contribution in [0.4, 0.5) is 0 Å². The Hall–Kier alpha value is -0.120. The molecule has 0 aromatic rings. The number of nitrogens with zero attached hydrogens (tertiary/aromatic N) is 1. The molecule has 1 saturated carbocycles. The summed E-state index contributed by atoms with van der Waals surface area (Å²) < 4.78 is 5.88. The molecule has 2 rings (SSSR count). The standard InChI is InChI=1S/C17H34N2O/c1-5-18-12-17(8-6-14(2)7-9-17)13-19-10-15(3)20-16(4)11-19/h14-16,18H,5-13H2,1-4H3. The van der Waals surface area contributed by atoms with Gasteiger partial charge in [0.05, 0.1) is 12.2 Å². The summed E-state index contributed by atoms with van der Waals surface area (Å²) in [5, 5.41) is 3.63. The van der Waals surface area contributed by atoms with E-state index in [9.17, 15) is 0 Å². The van der Waals surface area contributed by atoms with Crippen LogP contribution in [-0.4, -0.2) is 49.8 Å². The largest absolute Gasteiger partial charge is 0.373 e. The Balaban J connectivity index is 1.96. The second-order valence-corrected chi connectivity index (χ2v) is 7.41. The zero-order chi connectivity index (χ0) is 14.6. The van der Waals surface area contributed by atoms with E-state index in [-0.39, 0.29) is 0 Å². The molecule has 2 unspecified atom stereocenters. The van der Waals surface area contributed by atoms with E-state index < -0.39 is 0 Å². The second-order valence-electron chi connectivity index (χ2n) is 7.41. The first-order valence-electron chi connectivity index (χ1n) is 8.61. The first-order valence-corrected chi connectivity index (χ1v) is 8.61. The molecule has 1 heterocycles. The molecule has 2 atom stereocenters. The molecule has 1 saturated heterocycles. The van der Waals surface area contributed by atoms with Gasteiger partial charge in [0.25, 0.3) is 0 Å². The molecule has 0 bridgehead atoms. The van der Waals surface area contributed by atoms with Crippen LogP contribution in [-0.2, 0) is 4.74 Å². The van der Waals surface area contributed by atoms with Crippen molar-refractivity contribution in [3.63, 3.8) is 0 Å². The lowest BCUT2D eigenvalue weighted by atomic mass is 9.70. The number of hydrogen-bond acceptors (Lipinski definition) is 3. The normalized spacial score (nSPS) is 39.9. The van der Waals surface area contributed by atoms with Gasteiger partial charge in [0.15, 0.2) is 0 Å². The smallest absolute Gasteiger partial charge is 0.0678 e. The molecule has 0 amide bonds. The van der Waals surface area contributed by atoms with E-state index in [2.05, 4.69) is 37.9 Å². The second kappa shape index (κ2) is 7.24. The minimum atomic E-state index is 0.387. The van der Waals surface area contributed by atoms with Crippen LogP contribution in [0.1, 0.15) is 53.4 Å². The molecule has 0 radical (unpaired) electrons. The minimum absolute atomic E-state index is 0.387. The van der Waals surface area contributed by atoms with Crippen molar-refractivity contribution < 1.29 is 4.74 Å². The third-order valence-electron chi connectivity index (χ3n) is 5.14. The molecule has 1 aliphatic carbocycles. The van der Waals surface area contributed by atoms with Gasteiger partial charge in [-0.05, 0) is 44.6 Å². The number of rotatable bonds is 5. The summed E-state index contributed by atoms with van der Waals surface area (Å²) in [6, 6.07) is 0. The molecule has 2 aliphatic rings. The molecule has 0 aromatic carbocycles. The van der Waals surface area contributed by atoms with Crippen LogP contribution >= 0.6 is 0 Å². The Morgan fingerprint density at radius 2 is 1.70 bits per heavy atom. The lowest BCUT2D eigenvalue weighted by molar-refractivity contribution is -0.0811. The predicted octanol–water partition coefficient (Wildman–Crippen LogP) is 2.90. The van der Waals surface area contributed by atoms with Gasteiger partial charge in [0.1, 0.15) is 0 Å². The van der Waals surface area contributed by atoms with Crippen molar-refractivity contribution in [2.75, 3.05) is 32.7 Å². The van der Waals surface area contributed by atoms with Crippen molar-refractivity contribution in [3.05, 3.63) is 0 Å². The van der Waals surface area contributed by atoms with Crippen LogP contribution in [0.25, 0.3) is 0 Å². The van der Waals surface area contributed by atoms with Crippen molar-refractivity contribution in [1.82, 2.24) is 10.2 Å². The highest BCUT2D eigenvalue weighted by molar-refractivity contribution is 4.90. The van der Waals surface area contributed by atoms with Crippen LogP contribution in [0.5, 0.6) is 0 Å². The fraction of sp³-hybridized carbons (Fsp3) is 1.00. The van der Waals surface area contributed by atoms with Crippen LogP contribution < -0.4 is 5.32 Å². The molecule has 1 aliphatic heterocycles. The van der Waals surface area contributed by atoms with Crippen molar-refractivity contribution >= 4 is 0 Å². The lowest BCUT2D eigenvalue weighted by Crippen LogP contribution is -2.52. The number of nitrogens with one attached hydrogen (secondary N) is 1. The molecule has 20 heavy (non-hydrogen) atoms. The third-order valence-corrected chi connectivity index (χ3v) is 5.14. The summed E-state index contributed by atoms with van der Waals surface area (Å²) >= 11 is 0. The van der Waals surface area contributed by atoms with E-state index in [0.29, 0.717) is 17.6 Å². The molecule has 3 heteroatoms. The fourth-order valence-electron chi connectivity index (χ4n) is 4.04. The first kappa shape index (κ1) is 16.3. The van der Waals surface area contributed by atoms with Gasteiger partial charge in [-0.3, -0.25) is 4.90 Å². The van der Waals surface area contributed by atoms with Gasteiger partial charge in [0.2, 0.25) is 0 Å². The Morgan fingerprint density at radius 1 is 1.10 bits per heavy atom. The molecular formula is C17H34N2O. The van der Waals surface area contributed by atoms with Gasteiger partial charge in [-0.1, -0.05) is 26.7 Å². The lowest BCUT2D eigenvalue weighted by Gasteiger charge is -2.45. The number of morpholine rings is 1. The highest BCUT2D eigenvalue weighted by atomic mass is 16.5. The fourth-order valence-corrected chi connectivity index (χ4v) is 4.04. The summed E-state index contributed by atoms with van der Waals surface area (Å²) in [6.45, 7) is 14.8. The Morgan fingerprint density at radius 3 is 2.25 bits per heavy atom. The third kappa shape index (κ3) is 4.44. The highest BCUT2D eigenvalue weighted by Crippen LogP contribution is 2.39. The summed E-state index contributed by atoms with van der Waals surface area (Å²) in [7, 11) is 0. The zero-order valence-corrected chi connectivity index (χ0v) is 14.0. The van der Waals surface area contributed by atoms with Crippen LogP contribution in [0.3, 0.4) is 0 Å². The predicted molar refractivity (Wildman–Crippen MR) is 85.1 cm³/mol. The zero-order valence-electron chi connectivity index (χ0n) is 14.0. The van der Waals surface area contributed by atoms with Crippen molar-refractivity contribution in [3.8, 4) is 0 Å². The van der Waals surface area contributed by atoms with Crippen LogP contribution in [0, 0.1) is 11.3 Å². The Kier molecular flexibility index (Phi) is 5.88. The van der Waals surface area contributed by atoms with Gasteiger partial charge < -0.3 is 10.1 Å². The van der Waals surface area contributed by atoms with Gasteiger partial charge in [-0.25, -0.2) is 0 Å². The van der Waals surface area contributed by atoms with E-state index in [1.54, 1.807) is 0 Å². The maximum absolute atomic E-state index is 5.88. The topological polar surface area (TPSA) is 24.5 Å². The average Bonchev–Trinajstić information content (AvgIpc) is 2.39. The van der Waals surface area contributed by atoms with Crippen LogP contribution in [0.15, 0.2) is 0 Å². The van der Waals surface area contributed by atoms with Crippen molar-refractivity contribution in [2.45, 2.75) is 65.6 Å². The minimum Gasteiger partial charge on any atom is -0.373 e. The number of ether oxygens (including phenoxy) is 1. The van der Waals surface area contributed by atoms with Gasteiger partial charge >= 0.3 is 0 Å². The summed E-state index contributed by atoms with van der Waals surface area (Å²) in [4.78, 5) is 2.66. The van der Waals surface area contributed by atoms with E-state index in [0.717, 1.165) is 25.6 Å². The first-order chi connectivity index (χ1) is 9.53. The van der Waals surface area contributed by atoms with E-state index in [1.165, 1.54) is 38.8 Å². The van der Waals surface area contributed by atoms with Gasteiger partial charge in [0, 0.05) is 26.2 Å². The summed E-state index contributed by atoms with van der Waals surface area (Å²) in [6.07, 6.45) is 6.36. The van der Waals surface area contributed by atoms with Crippen molar-refractivity contribution in [1.29, 1.82) is 0 Å². The molecule has 1 N–H and O–H groups in total. The average molecular weight is 282 g/mol. The molecular weight excluding hydrogens is 248 g/mol. The molecule has 118 valence electrons. The quantitative estimate of drug-likeness (QED) is 0.839. The number of hydrogen-bond donors (Lipinski definition) is 1. The van der Waals surface area contributed by atoms with Crippen molar-refractivity contribution in [2.24, 2.45) is 11.3 Å². The molecule has 0 spiro atoms.